The SMILES string of the molecule is CCNC(=O)c1cncc(OC)c1. The van der Waals surface area contributed by atoms with Crippen LogP contribution >= 0.6 is 0 Å². The predicted molar refractivity (Wildman–Crippen MR) is 48.8 cm³/mol. The first-order chi connectivity index (χ1) is 6.27. The van der Waals surface area contributed by atoms with E-state index in [0.717, 1.165) is 0 Å². The molecule has 0 bridgehead atoms. The van der Waals surface area contributed by atoms with Crippen LogP contribution in [0.3, 0.4) is 0 Å². The van der Waals surface area contributed by atoms with Crippen LogP contribution in [0.5, 0.6) is 5.75 Å². The molecule has 0 spiro atoms. The van der Waals surface area contributed by atoms with Gasteiger partial charge in [-0.1, -0.05) is 0 Å². The van der Waals surface area contributed by atoms with Crippen LogP contribution in [0.2, 0.25) is 0 Å². The van der Waals surface area contributed by atoms with Crippen LogP contribution in [0, 0.1) is 0 Å². The van der Waals surface area contributed by atoms with Crippen LogP contribution in [-0.2, 0) is 0 Å². The smallest absolute Gasteiger partial charge is 0.252 e. The summed E-state index contributed by atoms with van der Waals surface area (Å²) in [7, 11) is 1.54. The maximum Gasteiger partial charge on any atom is 0.252 e. The van der Waals surface area contributed by atoms with Crippen molar-refractivity contribution in [2.75, 3.05) is 13.7 Å². The Morgan fingerprint density at radius 2 is 2.38 bits per heavy atom. The molecule has 0 radical (unpaired) electrons. The van der Waals surface area contributed by atoms with Crippen LogP contribution in [0.15, 0.2) is 18.5 Å². The van der Waals surface area contributed by atoms with E-state index in [1.54, 1.807) is 19.4 Å². The first-order valence-corrected chi connectivity index (χ1v) is 4.05. The molecule has 1 aromatic heterocycles. The number of aromatic nitrogens is 1. The summed E-state index contributed by atoms with van der Waals surface area (Å²) in [5, 5.41) is 2.68. The van der Waals surface area contributed by atoms with Crippen LogP contribution < -0.4 is 10.1 Å². The van der Waals surface area contributed by atoms with Crippen molar-refractivity contribution >= 4 is 5.91 Å². The second kappa shape index (κ2) is 4.45. The number of hydrogen-bond acceptors (Lipinski definition) is 3. The van der Waals surface area contributed by atoms with Crippen molar-refractivity contribution in [2.24, 2.45) is 0 Å². The molecule has 13 heavy (non-hydrogen) atoms. The normalized spacial score (nSPS) is 9.38. The van der Waals surface area contributed by atoms with Crippen molar-refractivity contribution in [1.29, 1.82) is 0 Å². The summed E-state index contributed by atoms with van der Waals surface area (Å²) in [4.78, 5) is 15.2. The molecule has 1 heterocycles. The zero-order chi connectivity index (χ0) is 9.68. The molecule has 0 aromatic carbocycles. The van der Waals surface area contributed by atoms with Gasteiger partial charge in [0.25, 0.3) is 5.91 Å². The van der Waals surface area contributed by atoms with Gasteiger partial charge in [-0.15, -0.1) is 0 Å². The lowest BCUT2D eigenvalue weighted by atomic mass is 10.2. The lowest BCUT2D eigenvalue weighted by Gasteiger charge is -2.03. The summed E-state index contributed by atoms with van der Waals surface area (Å²) < 4.78 is 4.94. The van der Waals surface area contributed by atoms with Crippen LogP contribution in [0.25, 0.3) is 0 Å². The third kappa shape index (κ3) is 2.43. The number of rotatable bonds is 3. The molecular weight excluding hydrogens is 168 g/mol. The number of hydrogen-bond donors (Lipinski definition) is 1. The molecule has 1 N–H and O–H groups in total. The Balaban J connectivity index is 2.82. The van der Waals surface area contributed by atoms with Gasteiger partial charge in [-0.2, -0.15) is 0 Å². The average Bonchev–Trinajstić information content (AvgIpc) is 2.18. The molecule has 4 nitrogen and oxygen atoms in total. The van der Waals surface area contributed by atoms with Gasteiger partial charge >= 0.3 is 0 Å². The Bertz CT molecular complexity index is 299. The zero-order valence-electron chi connectivity index (χ0n) is 7.70. The van der Waals surface area contributed by atoms with E-state index in [-0.39, 0.29) is 5.91 Å². The monoisotopic (exact) mass is 180 g/mol. The Labute approximate surface area is 76.9 Å². The molecule has 1 amide bonds. The number of carbonyl (C=O) groups excluding carboxylic acids is 1. The number of methoxy groups -OCH3 is 1. The van der Waals surface area contributed by atoms with Gasteiger partial charge in [0.15, 0.2) is 0 Å². The van der Waals surface area contributed by atoms with E-state index in [1.807, 2.05) is 6.92 Å². The van der Waals surface area contributed by atoms with E-state index < -0.39 is 0 Å². The number of carbonyl (C=O) groups is 1. The van der Waals surface area contributed by atoms with E-state index in [1.165, 1.54) is 6.20 Å². The van der Waals surface area contributed by atoms with Gasteiger partial charge in [-0.05, 0) is 13.0 Å². The summed E-state index contributed by atoms with van der Waals surface area (Å²) in [5.74, 6) is 0.456. The minimum atomic E-state index is -0.131. The molecule has 0 saturated carbocycles. The molecule has 1 aromatic rings. The molecule has 1 rings (SSSR count). The summed E-state index contributed by atoms with van der Waals surface area (Å²) in [6.45, 7) is 2.47. The molecule has 0 atom stereocenters. The average molecular weight is 180 g/mol. The Hall–Kier alpha value is -1.58. The van der Waals surface area contributed by atoms with E-state index in [4.69, 9.17) is 4.74 Å². The molecule has 0 fully saturated rings. The van der Waals surface area contributed by atoms with Gasteiger partial charge in [-0.3, -0.25) is 9.78 Å². The van der Waals surface area contributed by atoms with E-state index in [0.29, 0.717) is 17.9 Å². The number of nitrogens with zero attached hydrogens (tertiary/aromatic N) is 1. The Morgan fingerprint density at radius 1 is 1.62 bits per heavy atom. The van der Waals surface area contributed by atoms with E-state index >= 15 is 0 Å². The minimum Gasteiger partial charge on any atom is -0.495 e. The molecule has 0 unspecified atom stereocenters. The van der Waals surface area contributed by atoms with Gasteiger partial charge in [0.2, 0.25) is 0 Å². The molecule has 70 valence electrons. The lowest BCUT2D eigenvalue weighted by molar-refractivity contribution is 0.0955. The standard InChI is InChI=1S/C9H12N2O2/c1-3-11-9(12)7-4-8(13-2)6-10-5-7/h4-6H,3H2,1-2H3,(H,11,12). The zero-order valence-corrected chi connectivity index (χ0v) is 7.70. The summed E-state index contributed by atoms with van der Waals surface area (Å²) in [5.41, 5.74) is 0.515. The van der Waals surface area contributed by atoms with E-state index in [9.17, 15) is 4.79 Å². The van der Waals surface area contributed by atoms with Crippen molar-refractivity contribution in [3.8, 4) is 5.75 Å². The quantitative estimate of drug-likeness (QED) is 0.749. The Morgan fingerprint density at radius 3 is 3.00 bits per heavy atom. The highest BCUT2D eigenvalue weighted by Crippen LogP contribution is 2.09. The highest BCUT2D eigenvalue weighted by atomic mass is 16.5. The second-order valence-electron chi connectivity index (χ2n) is 2.47. The van der Waals surface area contributed by atoms with Crippen molar-refractivity contribution in [1.82, 2.24) is 10.3 Å². The maximum absolute atomic E-state index is 11.3. The number of nitrogens with one attached hydrogen (secondary N) is 1. The second-order valence-corrected chi connectivity index (χ2v) is 2.47. The predicted octanol–water partition coefficient (Wildman–Crippen LogP) is 0.840. The molecule has 0 aliphatic carbocycles. The fourth-order valence-corrected chi connectivity index (χ4v) is 0.917. The molecule has 0 aliphatic rings. The third-order valence-electron chi connectivity index (χ3n) is 1.55. The van der Waals surface area contributed by atoms with Gasteiger partial charge in [0.05, 0.1) is 18.9 Å². The number of pyridine rings is 1. The van der Waals surface area contributed by atoms with Crippen molar-refractivity contribution in [3.05, 3.63) is 24.0 Å². The number of amides is 1. The van der Waals surface area contributed by atoms with Gasteiger partial charge in [0, 0.05) is 12.7 Å². The van der Waals surface area contributed by atoms with Gasteiger partial charge in [0.1, 0.15) is 5.75 Å². The maximum atomic E-state index is 11.3. The molecule has 4 heteroatoms. The molecular formula is C9H12N2O2. The van der Waals surface area contributed by atoms with Crippen molar-refractivity contribution in [2.45, 2.75) is 6.92 Å². The van der Waals surface area contributed by atoms with Gasteiger partial charge in [-0.25, -0.2) is 0 Å². The van der Waals surface area contributed by atoms with Crippen molar-refractivity contribution < 1.29 is 9.53 Å². The fourth-order valence-electron chi connectivity index (χ4n) is 0.917. The topological polar surface area (TPSA) is 51.2 Å². The highest BCUT2D eigenvalue weighted by Gasteiger charge is 2.04. The fraction of sp³-hybridized carbons (Fsp3) is 0.333. The molecule has 0 aliphatic heterocycles. The first kappa shape index (κ1) is 9.51. The van der Waals surface area contributed by atoms with Crippen molar-refractivity contribution in [3.63, 3.8) is 0 Å². The Kier molecular flexibility index (Phi) is 3.25. The third-order valence-corrected chi connectivity index (χ3v) is 1.55. The van der Waals surface area contributed by atoms with E-state index in [2.05, 4.69) is 10.3 Å². The summed E-state index contributed by atoms with van der Waals surface area (Å²) >= 11 is 0. The summed E-state index contributed by atoms with van der Waals surface area (Å²) in [6.07, 6.45) is 3.07. The van der Waals surface area contributed by atoms with Crippen LogP contribution in [0.1, 0.15) is 17.3 Å². The lowest BCUT2D eigenvalue weighted by Crippen LogP contribution is -2.22. The largest absolute Gasteiger partial charge is 0.495 e. The van der Waals surface area contributed by atoms with Gasteiger partial charge < -0.3 is 10.1 Å². The number of ether oxygens (including phenoxy) is 1. The molecule has 0 saturated heterocycles. The van der Waals surface area contributed by atoms with Crippen LogP contribution in [0.4, 0.5) is 0 Å². The summed E-state index contributed by atoms with van der Waals surface area (Å²) in [6, 6.07) is 1.65. The highest BCUT2D eigenvalue weighted by molar-refractivity contribution is 5.94. The first-order valence-electron chi connectivity index (χ1n) is 4.05. The minimum absolute atomic E-state index is 0.131. The van der Waals surface area contributed by atoms with Crippen LogP contribution in [-0.4, -0.2) is 24.5 Å².